The van der Waals surface area contributed by atoms with Crippen LogP contribution in [0.3, 0.4) is 0 Å². The largest absolute Gasteiger partial charge is 1.00 e. The minimum atomic E-state index is -0.378. The Balaban J connectivity index is 0.00000523. The van der Waals surface area contributed by atoms with E-state index in [1.54, 1.807) is 0 Å². The Hall–Kier alpha value is -2.93. The molecule has 0 amide bonds. The SMILES string of the molecule is CC(C)(C)c1cc(C=[N+]2[Mn][N+](=Cc3cc(C(C)(C)C)cc(C(C)(C)c4ccccc4)c3O)[C@@H]3CCCC[C@H]32)c(O)c(C(C)(C)c2ccccc2)c1.[I-]. The molecule has 0 spiro atoms. The van der Waals surface area contributed by atoms with Gasteiger partial charge < -0.3 is 24.0 Å². The van der Waals surface area contributed by atoms with Crippen LogP contribution >= 0.6 is 0 Å². The molecule has 4 aromatic rings. The molecule has 277 valence electrons. The predicted octanol–water partition coefficient (Wildman–Crippen LogP) is 7.15. The zero-order chi connectivity index (χ0) is 36.9. The van der Waals surface area contributed by atoms with Crippen LogP contribution in [0.25, 0.3) is 0 Å². The van der Waals surface area contributed by atoms with Crippen molar-refractivity contribution in [3.8, 4) is 11.5 Å². The van der Waals surface area contributed by atoms with Crippen LogP contribution in [0.1, 0.15) is 139 Å². The van der Waals surface area contributed by atoms with E-state index in [0.717, 1.165) is 35.1 Å². The molecular formula is C46H58IMnN2O2+. The summed E-state index contributed by atoms with van der Waals surface area (Å²) in [6.07, 6.45) is 9.10. The Labute approximate surface area is 336 Å². The van der Waals surface area contributed by atoms with Gasteiger partial charge in [-0.1, -0.05) is 0 Å². The molecule has 0 bridgehead atoms. The molecule has 2 fully saturated rings. The summed E-state index contributed by atoms with van der Waals surface area (Å²) in [6, 6.07) is 30.6. The van der Waals surface area contributed by atoms with Crippen molar-refractivity contribution < 1.29 is 56.8 Å². The third-order valence-electron chi connectivity index (χ3n) is 11.4. The molecule has 1 aliphatic heterocycles. The fraction of sp³-hybridized carbons (Fsp3) is 0.435. The Bertz CT molecular complexity index is 1820. The molecule has 2 N–H and O–H groups in total. The van der Waals surface area contributed by atoms with Gasteiger partial charge in [0.05, 0.1) is 0 Å². The van der Waals surface area contributed by atoms with Crippen molar-refractivity contribution in [3.05, 3.63) is 129 Å². The van der Waals surface area contributed by atoms with E-state index in [4.69, 9.17) is 0 Å². The fourth-order valence-corrected chi connectivity index (χ4v) is 9.57. The summed E-state index contributed by atoms with van der Waals surface area (Å²) < 4.78 is 4.98. The first-order valence-electron chi connectivity index (χ1n) is 18.7. The number of rotatable bonds is 6. The summed E-state index contributed by atoms with van der Waals surface area (Å²) >= 11 is 0.320. The third kappa shape index (κ3) is 7.95. The number of hydrogen-bond acceptors (Lipinski definition) is 2. The van der Waals surface area contributed by atoms with Gasteiger partial charge in [0.25, 0.3) is 0 Å². The van der Waals surface area contributed by atoms with Crippen LogP contribution in [0, 0.1) is 0 Å². The molecule has 2 aliphatic rings. The molecule has 0 radical (unpaired) electrons. The monoisotopic (exact) mass is 852 g/mol. The Morgan fingerprint density at radius 3 is 1.21 bits per heavy atom. The normalized spacial score (nSPS) is 19.8. The van der Waals surface area contributed by atoms with E-state index in [0.29, 0.717) is 39.0 Å². The number of aromatic hydroxyl groups is 2. The smallest absolute Gasteiger partial charge is 1.00 e. The zero-order valence-electron chi connectivity index (χ0n) is 32.8. The van der Waals surface area contributed by atoms with E-state index >= 15 is 0 Å². The quantitative estimate of drug-likeness (QED) is 0.160. The van der Waals surface area contributed by atoms with Gasteiger partial charge in [-0.25, -0.2) is 0 Å². The van der Waals surface area contributed by atoms with Crippen LogP contribution in [0.15, 0.2) is 84.9 Å². The Morgan fingerprint density at radius 1 is 0.538 bits per heavy atom. The van der Waals surface area contributed by atoms with Crippen molar-refractivity contribution in [2.75, 3.05) is 0 Å². The summed E-state index contributed by atoms with van der Waals surface area (Å²) in [4.78, 5) is 0. The molecule has 1 saturated carbocycles. The van der Waals surface area contributed by atoms with Crippen LogP contribution in [0.2, 0.25) is 0 Å². The molecular weight excluding hydrogens is 794 g/mol. The van der Waals surface area contributed by atoms with Gasteiger partial charge in [0, 0.05) is 0 Å². The molecule has 4 nitrogen and oxygen atoms in total. The topological polar surface area (TPSA) is 46.5 Å². The van der Waals surface area contributed by atoms with E-state index in [9.17, 15) is 10.2 Å². The van der Waals surface area contributed by atoms with Crippen molar-refractivity contribution in [2.24, 2.45) is 0 Å². The first-order chi connectivity index (χ1) is 23.9. The molecule has 1 heterocycles. The summed E-state index contributed by atoms with van der Waals surface area (Å²) in [7, 11) is 0. The van der Waals surface area contributed by atoms with Crippen molar-refractivity contribution >= 4 is 12.4 Å². The second-order valence-corrected chi connectivity index (χ2v) is 19.3. The average Bonchev–Trinajstić information content (AvgIpc) is 3.42. The van der Waals surface area contributed by atoms with E-state index in [2.05, 4.69) is 162 Å². The maximum absolute atomic E-state index is 12.1. The van der Waals surface area contributed by atoms with Crippen molar-refractivity contribution in [3.63, 3.8) is 0 Å². The van der Waals surface area contributed by atoms with Crippen molar-refractivity contribution in [2.45, 2.75) is 129 Å². The summed E-state index contributed by atoms with van der Waals surface area (Å²) in [5.74, 6) is 0.723. The summed E-state index contributed by atoms with van der Waals surface area (Å²) in [6.45, 7) is 22.4. The minimum Gasteiger partial charge on any atom is -1.00 e. The molecule has 2 atom stereocenters. The van der Waals surface area contributed by atoms with Crippen molar-refractivity contribution in [1.82, 2.24) is 0 Å². The first-order valence-corrected chi connectivity index (χ1v) is 19.7. The van der Waals surface area contributed by atoms with Gasteiger partial charge in [-0.2, -0.15) is 0 Å². The molecule has 1 aliphatic carbocycles. The third-order valence-corrected chi connectivity index (χ3v) is 13.0. The Kier molecular flexibility index (Phi) is 11.7. The van der Waals surface area contributed by atoms with Crippen LogP contribution in [-0.4, -0.2) is 41.9 Å². The van der Waals surface area contributed by atoms with Gasteiger partial charge in [0.2, 0.25) is 0 Å². The number of hydrogen-bond donors (Lipinski definition) is 2. The van der Waals surface area contributed by atoms with E-state index in [1.807, 2.05) is 12.1 Å². The van der Waals surface area contributed by atoms with E-state index in [-0.39, 0.29) is 45.6 Å². The van der Waals surface area contributed by atoms with Gasteiger partial charge in [-0.3, -0.25) is 0 Å². The predicted molar refractivity (Wildman–Crippen MR) is 208 cm³/mol. The summed E-state index contributed by atoms with van der Waals surface area (Å²) in [5.41, 5.74) is 7.54. The molecule has 4 aromatic carbocycles. The van der Waals surface area contributed by atoms with Gasteiger partial charge in [-0.15, -0.1) is 0 Å². The molecule has 6 heteroatoms. The zero-order valence-corrected chi connectivity index (χ0v) is 36.1. The number of benzene rings is 4. The molecule has 52 heavy (non-hydrogen) atoms. The molecule has 1 saturated heterocycles. The van der Waals surface area contributed by atoms with Gasteiger partial charge in [-0.05, 0) is 0 Å². The van der Waals surface area contributed by atoms with Crippen LogP contribution in [0.5, 0.6) is 11.5 Å². The summed E-state index contributed by atoms with van der Waals surface area (Å²) in [5, 5.41) is 24.1. The van der Waals surface area contributed by atoms with Gasteiger partial charge in [0.15, 0.2) is 0 Å². The standard InChI is InChI=1S/C46H58N2O2.HI.Mn/c1-43(2,3)35-25-31(41(49)37(27-35)45(7,8)33-19-13-11-14-20-33)29-47-39-23-17-18-24-40(39)48-30-32-26-36(44(4,5)6)28-38(42(32)50)46(9,10)34-21-15-12-16-22-34;;/h11-16,19-22,25-30,39-40,49-50H,17-18,23-24H2,1-10H3;1H;/q;;+2/p-1/t39-,40-;;/m1../s1. The second-order valence-electron chi connectivity index (χ2n) is 17.8. The molecule has 0 aromatic heterocycles. The van der Waals surface area contributed by atoms with E-state index in [1.165, 1.54) is 35.1 Å². The van der Waals surface area contributed by atoms with Crippen LogP contribution < -0.4 is 24.0 Å². The number of phenols is 2. The van der Waals surface area contributed by atoms with Crippen LogP contribution in [0.4, 0.5) is 0 Å². The second kappa shape index (κ2) is 15.1. The van der Waals surface area contributed by atoms with Crippen LogP contribution in [-0.2, 0) is 37.1 Å². The molecule has 0 unspecified atom stereocenters. The Morgan fingerprint density at radius 2 is 0.885 bits per heavy atom. The maximum atomic E-state index is 12.1. The number of halogens is 1. The average molecular weight is 853 g/mol. The maximum Gasteiger partial charge on any atom is -1.00 e. The number of fused-ring (bicyclic) bond motifs is 1. The van der Waals surface area contributed by atoms with E-state index < -0.39 is 0 Å². The first kappa shape index (κ1) is 40.3. The number of nitrogens with zero attached hydrogens (tertiary/aromatic N) is 2. The minimum absolute atomic E-state index is 0. The molecule has 6 rings (SSSR count). The number of phenolic OH excluding ortho intramolecular Hbond substituents is 2. The van der Waals surface area contributed by atoms with Gasteiger partial charge in [0.1, 0.15) is 0 Å². The fourth-order valence-electron chi connectivity index (χ4n) is 7.73. The van der Waals surface area contributed by atoms with Gasteiger partial charge >= 0.3 is 315 Å². The van der Waals surface area contributed by atoms with Crippen molar-refractivity contribution in [1.29, 1.82) is 0 Å².